The van der Waals surface area contributed by atoms with Gasteiger partial charge in [-0.25, -0.2) is 9.59 Å². The number of ketones is 1. The van der Waals surface area contributed by atoms with Crippen molar-refractivity contribution in [1.29, 1.82) is 0 Å². The van der Waals surface area contributed by atoms with Gasteiger partial charge >= 0.3 is 12.1 Å². The van der Waals surface area contributed by atoms with E-state index in [0.29, 0.717) is 18.4 Å². The summed E-state index contributed by atoms with van der Waals surface area (Å²) in [6.07, 6.45) is 1.11. The van der Waals surface area contributed by atoms with Crippen LogP contribution in [0.5, 0.6) is 0 Å². The lowest BCUT2D eigenvalue weighted by Gasteiger charge is -2.42. The molecule has 7 heteroatoms. The molecule has 4 rings (SSSR count). The summed E-state index contributed by atoms with van der Waals surface area (Å²) in [5.41, 5.74) is 0.861. The summed E-state index contributed by atoms with van der Waals surface area (Å²) in [4.78, 5) is 45.8. The first kappa shape index (κ1) is 26.1. The van der Waals surface area contributed by atoms with E-state index in [1.54, 1.807) is 53.4 Å². The van der Waals surface area contributed by atoms with Gasteiger partial charge in [0.05, 0.1) is 11.6 Å². The standard InChI is InChI=1S/C30H32N2O5/c1-30(2,3)37-29(35)32-20-23(17-18-25(32)21-12-6-4-7-13-21)27(26(33)24-16-10-11-19-31-24)36-28(34)22-14-8-5-9-15-22/h4-16,19,23,25,27H,17-18,20H2,1-3H3. The molecule has 1 amide bonds. The van der Waals surface area contributed by atoms with Gasteiger partial charge in [-0.1, -0.05) is 54.6 Å². The first-order valence-corrected chi connectivity index (χ1v) is 12.5. The predicted octanol–water partition coefficient (Wildman–Crippen LogP) is 5.88. The fourth-order valence-electron chi connectivity index (χ4n) is 4.57. The number of aromatic nitrogens is 1. The topological polar surface area (TPSA) is 85.8 Å². The van der Waals surface area contributed by atoms with E-state index in [-0.39, 0.29) is 18.3 Å². The Morgan fingerprint density at radius 3 is 2.16 bits per heavy atom. The highest BCUT2D eigenvalue weighted by molar-refractivity contribution is 6.00. The Balaban J connectivity index is 1.65. The summed E-state index contributed by atoms with van der Waals surface area (Å²) in [7, 11) is 0. The molecule has 0 radical (unpaired) electrons. The Morgan fingerprint density at radius 2 is 1.54 bits per heavy atom. The van der Waals surface area contributed by atoms with E-state index in [1.165, 1.54) is 6.20 Å². The predicted molar refractivity (Wildman–Crippen MR) is 139 cm³/mol. The third-order valence-electron chi connectivity index (χ3n) is 6.28. The van der Waals surface area contributed by atoms with Crippen LogP contribution in [0, 0.1) is 5.92 Å². The van der Waals surface area contributed by atoms with Crippen molar-refractivity contribution in [3.05, 3.63) is 102 Å². The zero-order valence-electron chi connectivity index (χ0n) is 21.4. The number of pyridine rings is 1. The number of nitrogens with zero attached hydrogens (tertiary/aromatic N) is 2. The monoisotopic (exact) mass is 500 g/mol. The summed E-state index contributed by atoms with van der Waals surface area (Å²) in [6.45, 7) is 5.65. The van der Waals surface area contributed by atoms with Crippen molar-refractivity contribution in [3.8, 4) is 0 Å². The van der Waals surface area contributed by atoms with Crippen molar-refractivity contribution in [2.75, 3.05) is 6.54 Å². The maximum atomic E-state index is 13.6. The number of hydrogen-bond acceptors (Lipinski definition) is 6. The van der Waals surface area contributed by atoms with Crippen LogP contribution in [0.2, 0.25) is 0 Å². The number of benzene rings is 2. The molecule has 0 bridgehead atoms. The number of carbonyl (C=O) groups is 3. The van der Waals surface area contributed by atoms with Crippen molar-refractivity contribution in [3.63, 3.8) is 0 Å². The van der Waals surface area contributed by atoms with E-state index >= 15 is 0 Å². The number of piperidine rings is 1. The second-order valence-electron chi connectivity index (χ2n) is 10.2. The van der Waals surface area contributed by atoms with Crippen LogP contribution in [-0.4, -0.2) is 46.0 Å². The average Bonchev–Trinajstić information content (AvgIpc) is 2.91. The minimum atomic E-state index is -1.11. The molecule has 1 fully saturated rings. The molecule has 1 aliphatic rings. The SMILES string of the molecule is CC(C)(C)OC(=O)N1CC(C(OC(=O)c2ccccc2)C(=O)c2ccccn2)CCC1c1ccccc1. The van der Waals surface area contributed by atoms with Crippen LogP contribution in [0.4, 0.5) is 4.79 Å². The van der Waals surface area contributed by atoms with Crippen molar-refractivity contribution in [1.82, 2.24) is 9.88 Å². The van der Waals surface area contributed by atoms with Gasteiger partial charge in [0.25, 0.3) is 0 Å². The molecule has 3 unspecified atom stereocenters. The largest absolute Gasteiger partial charge is 0.450 e. The minimum Gasteiger partial charge on any atom is -0.450 e. The van der Waals surface area contributed by atoms with Gasteiger partial charge in [-0.15, -0.1) is 0 Å². The smallest absolute Gasteiger partial charge is 0.410 e. The minimum absolute atomic E-state index is 0.194. The highest BCUT2D eigenvalue weighted by Gasteiger charge is 2.42. The van der Waals surface area contributed by atoms with Crippen LogP contribution >= 0.6 is 0 Å². The zero-order chi connectivity index (χ0) is 26.4. The number of Topliss-reactive ketones (excluding diaryl/α,β-unsaturated/α-hetero) is 1. The molecule has 1 saturated heterocycles. The molecule has 0 saturated carbocycles. The van der Waals surface area contributed by atoms with Crippen molar-refractivity contribution in [2.45, 2.75) is 51.4 Å². The number of ether oxygens (including phenoxy) is 2. The van der Waals surface area contributed by atoms with Gasteiger partial charge in [-0.2, -0.15) is 0 Å². The third kappa shape index (κ3) is 6.61. The van der Waals surface area contributed by atoms with E-state index in [4.69, 9.17) is 9.47 Å². The van der Waals surface area contributed by atoms with Gasteiger partial charge in [0, 0.05) is 18.7 Å². The number of carbonyl (C=O) groups excluding carboxylic acids is 3. The average molecular weight is 501 g/mol. The first-order chi connectivity index (χ1) is 17.7. The second kappa shape index (κ2) is 11.4. The van der Waals surface area contributed by atoms with E-state index in [0.717, 1.165) is 5.56 Å². The van der Waals surface area contributed by atoms with Gasteiger partial charge in [-0.05, 0) is 63.4 Å². The van der Waals surface area contributed by atoms with Gasteiger partial charge in [0.2, 0.25) is 5.78 Å². The summed E-state index contributed by atoms with van der Waals surface area (Å²) >= 11 is 0. The molecular weight excluding hydrogens is 468 g/mol. The molecule has 0 N–H and O–H groups in total. The summed E-state index contributed by atoms with van der Waals surface area (Å²) in [5, 5.41) is 0. The Labute approximate surface area is 217 Å². The Morgan fingerprint density at radius 1 is 0.892 bits per heavy atom. The maximum Gasteiger partial charge on any atom is 0.410 e. The van der Waals surface area contributed by atoms with Crippen LogP contribution in [0.15, 0.2) is 85.1 Å². The van der Waals surface area contributed by atoms with Crippen LogP contribution in [0.25, 0.3) is 0 Å². The van der Waals surface area contributed by atoms with Crippen LogP contribution in [-0.2, 0) is 9.47 Å². The summed E-state index contributed by atoms with van der Waals surface area (Å²) < 4.78 is 11.6. The highest BCUT2D eigenvalue weighted by Crippen LogP contribution is 2.37. The Hall–Kier alpha value is -4.00. The zero-order valence-corrected chi connectivity index (χ0v) is 21.4. The molecule has 7 nitrogen and oxygen atoms in total. The molecule has 2 aromatic carbocycles. The fraction of sp³-hybridized carbons (Fsp3) is 0.333. The lowest BCUT2D eigenvalue weighted by molar-refractivity contribution is -0.0204. The molecule has 0 spiro atoms. The fourth-order valence-corrected chi connectivity index (χ4v) is 4.57. The molecule has 2 heterocycles. The van der Waals surface area contributed by atoms with Gasteiger partial charge in [-0.3, -0.25) is 9.78 Å². The van der Waals surface area contributed by atoms with E-state index in [1.807, 2.05) is 51.1 Å². The maximum absolute atomic E-state index is 13.6. The van der Waals surface area contributed by atoms with Crippen molar-refractivity contribution < 1.29 is 23.9 Å². The lowest BCUT2D eigenvalue weighted by atomic mass is 9.84. The number of hydrogen-bond donors (Lipinski definition) is 0. The Kier molecular flexibility index (Phi) is 8.01. The number of esters is 1. The summed E-state index contributed by atoms with van der Waals surface area (Å²) in [6, 6.07) is 23.1. The second-order valence-corrected chi connectivity index (χ2v) is 10.2. The van der Waals surface area contributed by atoms with Gasteiger partial charge < -0.3 is 14.4 Å². The molecule has 1 aromatic heterocycles. The lowest BCUT2D eigenvalue weighted by Crippen LogP contribution is -2.49. The van der Waals surface area contributed by atoms with E-state index in [2.05, 4.69) is 4.98 Å². The van der Waals surface area contributed by atoms with Crippen LogP contribution in [0.1, 0.15) is 66.1 Å². The highest BCUT2D eigenvalue weighted by atomic mass is 16.6. The van der Waals surface area contributed by atoms with E-state index in [9.17, 15) is 14.4 Å². The quantitative estimate of drug-likeness (QED) is 0.310. The molecule has 3 aromatic rings. The molecule has 37 heavy (non-hydrogen) atoms. The molecule has 0 aliphatic carbocycles. The molecule has 3 atom stereocenters. The normalized spacial score (nSPS) is 18.5. The van der Waals surface area contributed by atoms with Crippen LogP contribution in [0.3, 0.4) is 0 Å². The van der Waals surface area contributed by atoms with Crippen molar-refractivity contribution >= 4 is 17.8 Å². The van der Waals surface area contributed by atoms with Gasteiger partial charge in [0.15, 0.2) is 6.10 Å². The summed E-state index contributed by atoms with van der Waals surface area (Å²) in [5.74, 6) is -1.42. The number of rotatable bonds is 6. The number of likely N-dealkylation sites (tertiary alicyclic amines) is 1. The molecule has 192 valence electrons. The van der Waals surface area contributed by atoms with Crippen molar-refractivity contribution in [2.24, 2.45) is 5.92 Å². The first-order valence-electron chi connectivity index (χ1n) is 12.5. The molecular formula is C30H32N2O5. The third-order valence-corrected chi connectivity index (χ3v) is 6.28. The number of amides is 1. The van der Waals surface area contributed by atoms with Crippen LogP contribution < -0.4 is 0 Å². The van der Waals surface area contributed by atoms with Gasteiger partial charge in [0.1, 0.15) is 11.3 Å². The van der Waals surface area contributed by atoms with E-state index < -0.39 is 35.5 Å². The Bertz CT molecular complexity index is 1210. The molecule has 1 aliphatic heterocycles.